The van der Waals surface area contributed by atoms with E-state index < -0.39 is 17.1 Å². The molecule has 42 heavy (non-hydrogen) atoms. The van der Waals surface area contributed by atoms with E-state index in [2.05, 4.69) is 5.32 Å². The molecule has 4 aromatic rings. The molecule has 3 heterocycles. The van der Waals surface area contributed by atoms with Crippen molar-refractivity contribution in [1.82, 2.24) is 4.57 Å². The number of benzene rings is 3. The van der Waals surface area contributed by atoms with Gasteiger partial charge in [-0.3, -0.25) is 23.7 Å². The van der Waals surface area contributed by atoms with Crippen molar-refractivity contribution in [2.24, 2.45) is 5.92 Å². The Morgan fingerprint density at radius 1 is 0.929 bits per heavy atom. The third-order valence-corrected chi connectivity index (χ3v) is 10.1. The molecule has 214 valence electrons. The maximum atomic E-state index is 14.0. The number of para-hydroxylation sites is 1. The van der Waals surface area contributed by atoms with Crippen LogP contribution in [0, 0.1) is 5.92 Å². The van der Waals surface area contributed by atoms with Gasteiger partial charge in [-0.05, 0) is 54.1 Å². The number of nitrogens with one attached hydrogen (secondary N) is 1. The quantitative estimate of drug-likeness (QED) is 0.314. The minimum atomic E-state index is -0.742. The van der Waals surface area contributed by atoms with Crippen LogP contribution in [0.4, 0.5) is 17.1 Å². The van der Waals surface area contributed by atoms with Crippen LogP contribution in [0.3, 0.4) is 0 Å². The molecule has 0 saturated carbocycles. The highest BCUT2D eigenvalue weighted by atomic mass is 32.2. The van der Waals surface area contributed by atoms with Crippen LogP contribution >= 0.6 is 23.1 Å². The van der Waals surface area contributed by atoms with Crippen molar-refractivity contribution in [2.45, 2.75) is 22.7 Å². The van der Waals surface area contributed by atoms with Crippen LogP contribution < -0.4 is 24.7 Å². The van der Waals surface area contributed by atoms with Crippen molar-refractivity contribution in [3.63, 3.8) is 0 Å². The zero-order chi connectivity index (χ0) is 29.5. The summed E-state index contributed by atoms with van der Waals surface area (Å²) in [6.07, 6.45) is 0. The maximum absolute atomic E-state index is 14.0. The van der Waals surface area contributed by atoms with Gasteiger partial charge in [0.2, 0.25) is 17.7 Å². The summed E-state index contributed by atoms with van der Waals surface area (Å²) in [5, 5.41) is 2.63. The molecular formula is C31H28N4O5S2. The van der Waals surface area contributed by atoms with Crippen molar-refractivity contribution < 1.29 is 19.1 Å². The Morgan fingerprint density at radius 2 is 1.62 bits per heavy atom. The van der Waals surface area contributed by atoms with Gasteiger partial charge < -0.3 is 15.0 Å². The van der Waals surface area contributed by atoms with E-state index in [1.165, 1.54) is 21.2 Å². The molecule has 0 aliphatic carbocycles. The Hall–Kier alpha value is -4.35. The van der Waals surface area contributed by atoms with Crippen LogP contribution in [0.25, 0.3) is 0 Å². The molecule has 3 amide bonds. The van der Waals surface area contributed by atoms with Crippen molar-refractivity contribution in [3.05, 3.63) is 99.0 Å². The van der Waals surface area contributed by atoms with Gasteiger partial charge in [0.15, 0.2) is 0 Å². The number of amides is 3. The van der Waals surface area contributed by atoms with Gasteiger partial charge in [-0.2, -0.15) is 0 Å². The minimum absolute atomic E-state index is 0.224. The number of aromatic nitrogens is 1. The number of methoxy groups -OCH3 is 1. The molecule has 0 spiro atoms. The van der Waals surface area contributed by atoms with Crippen molar-refractivity contribution in [3.8, 4) is 5.75 Å². The number of nitrogens with zero attached hydrogens (tertiary/aromatic N) is 3. The first kappa shape index (κ1) is 27.8. The molecule has 2 aliphatic rings. The summed E-state index contributed by atoms with van der Waals surface area (Å²) in [7, 11) is 5.45. The average Bonchev–Trinajstić information content (AvgIpc) is 3.44. The van der Waals surface area contributed by atoms with E-state index in [1.54, 1.807) is 55.6 Å². The lowest BCUT2D eigenvalue weighted by atomic mass is 9.83. The van der Waals surface area contributed by atoms with Crippen molar-refractivity contribution in [1.29, 1.82) is 0 Å². The van der Waals surface area contributed by atoms with Gasteiger partial charge in [-0.1, -0.05) is 53.4 Å². The van der Waals surface area contributed by atoms with Gasteiger partial charge >= 0.3 is 4.87 Å². The molecule has 2 unspecified atom stereocenters. The first-order valence-corrected chi connectivity index (χ1v) is 15.0. The fourth-order valence-corrected chi connectivity index (χ4v) is 8.22. The predicted octanol–water partition coefficient (Wildman–Crippen LogP) is 4.42. The number of carbonyl (C=O) groups excluding carboxylic acids is 3. The van der Waals surface area contributed by atoms with Crippen molar-refractivity contribution in [2.75, 3.05) is 36.3 Å². The number of fused-ring (bicyclic) bond motifs is 2. The van der Waals surface area contributed by atoms with E-state index in [1.807, 2.05) is 49.3 Å². The zero-order valence-corrected chi connectivity index (χ0v) is 24.8. The lowest BCUT2D eigenvalue weighted by Crippen LogP contribution is -2.33. The highest BCUT2D eigenvalue weighted by Crippen LogP contribution is 2.54. The Balaban J connectivity index is 1.39. The first-order chi connectivity index (χ1) is 20.3. The smallest absolute Gasteiger partial charge is 0.308 e. The zero-order valence-electron chi connectivity index (χ0n) is 23.1. The van der Waals surface area contributed by atoms with Crippen LogP contribution in [-0.2, 0) is 20.9 Å². The molecule has 0 bridgehead atoms. The van der Waals surface area contributed by atoms with Crippen LogP contribution in [0.15, 0.2) is 88.7 Å². The lowest BCUT2D eigenvalue weighted by molar-refractivity contribution is -0.122. The number of hydrogen-bond acceptors (Lipinski definition) is 8. The van der Waals surface area contributed by atoms with Gasteiger partial charge in [-0.15, -0.1) is 0 Å². The van der Waals surface area contributed by atoms with E-state index in [9.17, 15) is 19.2 Å². The topological polar surface area (TPSA) is 101 Å². The molecule has 1 fully saturated rings. The van der Waals surface area contributed by atoms with Crippen LogP contribution in [0.1, 0.15) is 16.4 Å². The Kier molecular flexibility index (Phi) is 7.38. The minimum Gasteiger partial charge on any atom is -0.497 e. The van der Waals surface area contributed by atoms with Crippen LogP contribution in [0.2, 0.25) is 0 Å². The molecule has 3 atom stereocenters. The number of hydrogen-bond donors (Lipinski definition) is 1. The molecule has 9 nitrogen and oxygen atoms in total. The van der Waals surface area contributed by atoms with Gasteiger partial charge in [0.05, 0.1) is 23.7 Å². The lowest BCUT2D eigenvalue weighted by Gasteiger charge is -2.31. The van der Waals surface area contributed by atoms with Gasteiger partial charge in [0, 0.05) is 36.3 Å². The standard InChI is InChI=1S/C31H28N4O5S2/c1-33(2)20-13-9-18(10-14-20)24-25-26(29(38)35(28(25)37)21-7-5-4-6-8-21)41-30-27(24)42-31(39)34(30)17-23(36)32-19-11-15-22(40-3)16-12-19/h4-16,24-26H,17H2,1-3H3,(H,32,36)/t24-,25?,26?/m1/s1. The second kappa shape index (κ2) is 11.1. The van der Waals surface area contributed by atoms with Gasteiger partial charge in [0.25, 0.3) is 0 Å². The summed E-state index contributed by atoms with van der Waals surface area (Å²) in [5.74, 6) is -1.55. The number of imide groups is 1. The maximum Gasteiger partial charge on any atom is 0.308 e. The molecule has 11 heteroatoms. The highest BCUT2D eigenvalue weighted by Gasteiger charge is 2.56. The monoisotopic (exact) mass is 600 g/mol. The Bertz CT molecular complexity index is 1710. The molecule has 2 aliphatic heterocycles. The highest BCUT2D eigenvalue weighted by molar-refractivity contribution is 8.00. The SMILES string of the molecule is COc1ccc(NC(=O)Cn2c3c(sc2=O)[C@H](c2ccc(N(C)C)cc2)C2C(=O)N(c4ccccc4)C(=O)C2S3)cc1. The summed E-state index contributed by atoms with van der Waals surface area (Å²) in [4.78, 5) is 57.8. The molecule has 3 aromatic carbocycles. The molecular weight excluding hydrogens is 572 g/mol. The normalized spacial score (nSPS) is 19.3. The average molecular weight is 601 g/mol. The number of anilines is 3. The number of carbonyl (C=O) groups is 3. The fourth-order valence-electron chi connectivity index (χ4n) is 5.44. The van der Waals surface area contributed by atoms with E-state index in [0.717, 1.165) is 22.6 Å². The second-order valence-electron chi connectivity index (χ2n) is 10.3. The number of thioether (sulfide) groups is 1. The predicted molar refractivity (Wildman–Crippen MR) is 165 cm³/mol. The Labute approximate surface area is 250 Å². The largest absolute Gasteiger partial charge is 0.497 e. The summed E-state index contributed by atoms with van der Waals surface area (Å²) in [6, 6.07) is 23.6. The number of thiazole rings is 1. The summed E-state index contributed by atoms with van der Waals surface area (Å²) < 4.78 is 6.59. The van der Waals surface area contributed by atoms with Gasteiger partial charge in [-0.25, -0.2) is 4.90 Å². The van der Waals surface area contributed by atoms with E-state index >= 15 is 0 Å². The first-order valence-electron chi connectivity index (χ1n) is 13.3. The van der Waals surface area contributed by atoms with Gasteiger partial charge in [0.1, 0.15) is 17.5 Å². The molecule has 1 N–H and O–H groups in total. The van der Waals surface area contributed by atoms with Crippen molar-refractivity contribution >= 4 is 57.9 Å². The third kappa shape index (κ3) is 4.88. The van der Waals surface area contributed by atoms with E-state index in [4.69, 9.17) is 4.74 Å². The summed E-state index contributed by atoms with van der Waals surface area (Å²) >= 11 is 2.23. The fraction of sp³-hybridized carbons (Fsp3) is 0.226. The number of rotatable bonds is 7. The van der Waals surface area contributed by atoms with E-state index in [0.29, 0.717) is 27.0 Å². The number of ether oxygens (including phenoxy) is 1. The van der Waals surface area contributed by atoms with E-state index in [-0.39, 0.29) is 29.1 Å². The third-order valence-electron chi connectivity index (χ3n) is 7.51. The summed E-state index contributed by atoms with van der Waals surface area (Å²) in [6.45, 7) is -0.224. The molecule has 6 rings (SSSR count). The Morgan fingerprint density at radius 3 is 2.26 bits per heavy atom. The second-order valence-corrected chi connectivity index (χ2v) is 12.4. The summed E-state index contributed by atoms with van der Waals surface area (Å²) in [5.41, 5.74) is 2.91. The molecule has 1 saturated heterocycles. The van der Waals surface area contributed by atoms with Crippen LogP contribution in [-0.4, -0.2) is 48.7 Å². The molecule has 0 radical (unpaired) electrons. The van der Waals surface area contributed by atoms with Crippen LogP contribution in [0.5, 0.6) is 5.75 Å². The molecule has 1 aromatic heterocycles.